The normalized spacial score (nSPS) is 22.3. The zero-order valence-corrected chi connectivity index (χ0v) is 11.6. The van der Waals surface area contributed by atoms with Crippen molar-refractivity contribution in [2.75, 3.05) is 13.7 Å². The van der Waals surface area contributed by atoms with Gasteiger partial charge in [0.2, 0.25) is 0 Å². The number of hydrogen-bond donors (Lipinski definition) is 1. The molecule has 0 heterocycles. The van der Waals surface area contributed by atoms with E-state index in [0.717, 1.165) is 13.0 Å². The Labute approximate surface area is 111 Å². The lowest BCUT2D eigenvalue weighted by Crippen LogP contribution is -2.37. The lowest BCUT2D eigenvalue weighted by Gasteiger charge is -2.33. The molecule has 0 spiro atoms. The molecule has 0 bridgehead atoms. The van der Waals surface area contributed by atoms with E-state index in [2.05, 4.69) is 31.2 Å². The first-order valence-electron chi connectivity index (χ1n) is 7.06. The molecule has 2 rings (SSSR count). The molecule has 2 heteroatoms. The monoisotopic (exact) mass is 247 g/mol. The molecule has 1 aromatic carbocycles. The van der Waals surface area contributed by atoms with Gasteiger partial charge in [0.15, 0.2) is 0 Å². The van der Waals surface area contributed by atoms with Gasteiger partial charge in [-0.25, -0.2) is 0 Å². The maximum atomic E-state index is 6.49. The van der Waals surface area contributed by atoms with Crippen molar-refractivity contribution in [3.63, 3.8) is 0 Å². The molecular weight excluding hydrogens is 222 g/mol. The van der Waals surface area contributed by atoms with Crippen LogP contribution in [0.1, 0.15) is 43.2 Å². The molecule has 1 aliphatic carbocycles. The van der Waals surface area contributed by atoms with Gasteiger partial charge in [-0.2, -0.15) is 0 Å². The van der Waals surface area contributed by atoms with E-state index in [1.807, 2.05) is 0 Å². The zero-order chi connectivity index (χ0) is 13.0. The third-order valence-corrected chi connectivity index (χ3v) is 4.31. The number of hydrogen-bond acceptors (Lipinski definition) is 2. The summed E-state index contributed by atoms with van der Waals surface area (Å²) in [4.78, 5) is 0. The van der Waals surface area contributed by atoms with Gasteiger partial charge in [0.05, 0.1) is 0 Å². The highest BCUT2D eigenvalue weighted by Gasteiger charge is 2.28. The average molecular weight is 247 g/mol. The molecule has 1 aliphatic rings. The fourth-order valence-electron chi connectivity index (χ4n) is 3.08. The Morgan fingerprint density at radius 1 is 1.39 bits per heavy atom. The van der Waals surface area contributed by atoms with Gasteiger partial charge in [-0.3, -0.25) is 0 Å². The molecular formula is C16H25NO. The summed E-state index contributed by atoms with van der Waals surface area (Å²) in [5.41, 5.74) is 9.48. The highest BCUT2D eigenvalue weighted by atomic mass is 16.5. The molecule has 0 aliphatic heterocycles. The van der Waals surface area contributed by atoms with Crippen LogP contribution in [0.4, 0.5) is 0 Å². The van der Waals surface area contributed by atoms with E-state index < -0.39 is 0 Å². The van der Waals surface area contributed by atoms with Crippen LogP contribution in [0, 0.1) is 5.92 Å². The van der Waals surface area contributed by atoms with E-state index in [0.29, 0.717) is 11.8 Å². The second-order valence-electron chi connectivity index (χ2n) is 5.53. The van der Waals surface area contributed by atoms with Crippen LogP contribution >= 0.6 is 0 Å². The predicted molar refractivity (Wildman–Crippen MR) is 75.8 cm³/mol. The third kappa shape index (κ3) is 2.93. The second kappa shape index (κ2) is 6.35. The molecule has 1 aromatic rings. The van der Waals surface area contributed by atoms with Gasteiger partial charge in [0.1, 0.15) is 0 Å². The molecule has 0 radical (unpaired) electrons. The minimum absolute atomic E-state index is 0.251. The predicted octanol–water partition coefficient (Wildman–Crippen LogP) is 3.11. The van der Waals surface area contributed by atoms with Crippen LogP contribution in [0.2, 0.25) is 0 Å². The Morgan fingerprint density at radius 2 is 2.17 bits per heavy atom. The number of rotatable bonds is 5. The number of methoxy groups -OCH3 is 1. The van der Waals surface area contributed by atoms with Crippen LogP contribution in [0.25, 0.3) is 0 Å². The minimum atomic E-state index is 0.251. The summed E-state index contributed by atoms with van der Waals surface area (Å²) in [5, 5.41) is 0. The number of nitrogens with two attached hydrogens (primary N) is 1. The lowest BCUT2D eigenvalue weighted by molar-refractivity contribution is 0.170. The van der Waals surface area contributed by atoms with Crippen molar-refractivity contribution in [2.45, 2.75) is 44.6 Å². The maximum Gasteiger partial charge on any atom is 0.0465 e. The van der Waals surface area contributed by atoms with Crippen molar-refractivity contribution in [3.8, 4) is 0 Å². The van der Waals surface area contributed by atoms with Gasteiger partial charge in [-0.1, -0.05) is 31.2 Å². The van der Waals surface area contributed by atoms with Crippen molar-refractivity contribution in [2.24, 2.45) is 11.7 Å². The SMILES string of the molecule is COCCC(C)C(N)C1CCCc2ccccc21. The van der Waals surface area contributed by atoms with Crippen molar-refractivity contribution < 1.29 is 4.74 Å². The number of fused-ring (bicyclic) bond motifs is 1. The largest absolute Gasteiger partial charge is 0.385 e. The summed E-state index contributed by atoms with van der Waals surface area (Å²) >= 11 is 0. The maximum absolute atomic E-state index is 6.49. The lowest BCUT2D eigenvalue weighted by atomic mass is 9.75. The quantitative estimate of drug-likeness (QED) is 0.867. The van der Waals surface area contributed by atoms with Crippen LogP contribution < -0.4 is 5.73 Å². The van der Waals surface area contributed by atoms with Gasteiger partial charge >= 0.3 is 0 Å². The van der Waals surface area contributed by atoms with Gasteiger partial charge in [0, 0.05) is 19.8 Å². The van der Waals surface area contributed by atoms with Gasteiger partial charge in [-0.05, 0) is 48.6 Å². The first kappa shape index (κ1) is 13.6. The number of benzene rings is 1. The summed E-state index contributed by atoms with van der Waals surface area (Å²) in [5.74, 6) is 1.04. The summed E-state index contributed by atoms with van der Waals surface area (Å²) in [6, 6.07) is 9.06. The third-order valence-electron chi connectivity index (χ3n) is 4.31. The smallest absolute Gasteiger partial charge is 0.0465 e. The highest BCUT2D eigenvalue weighted by molar-refractivity contribution is 5.33. The molecule has 2 nitrogen and oxygen atoms in total. The summed E-state index contributed by atoms with van der Waals surface area (Å²) in [6.07, 6.45) is 4.77. The first-order valence-corrected chi connectivity index (χ1v) is 7.06. The second-order valence-corrected chi connectivity index (χ2v) is 5.53. The average Bonchev–Trinajstić information content (AvgIpc) is 2.43. The van der Waals surface area contributed by atoms with Gasteiger partial charge < -0.3 is 10.5 Å². The fourth-order valence-corrected chi connectivity index (χ4v) is 3.08. The van der Waals surface area contributed by atoms with Crippen LogP contribution in [0.3, 0.4) is 0 Å². The Hall–Kier alpha value is -0.860. The van der Waals surface area contributed by atoms with E-state index in [-0.39, 0.29) is 6.04 Å². The zero-order valence-electron chi connectivity index (χ0n) is 11.6. The molecule has 3 atom stereocenters. The highest BCUT2D eigenvalue weighted by Crippen LogP contribution is 2.35. The molecule has 2 N–H and O–H groups in total. The van der Waals surface area contributed by atoms with Crippen molar-refractivity contribution in [1.29, 1.82) is 0 Å². The van der Waals surface area contributed by atoms with E-state index in [9.17, 15) is 0 Å². The standard InChI is InChI=1S/C16H25NO/c1-12(10-11-18-2)16(17)15-9-5-7-13-6-3-4-8-14(13)15/h3-4,6,8,12,15-16H,5,7,9-11,17H2,1-2H3. The van der Waals surface area contributed by atoms with E-state index in [1.54, 1.807) is 7.11 Å². The van der Waals surface area contributed by atoms with E-state index in [4.69, 9.17) is 10.5 Å². The van der Waals surface area contributed by atoms with Crippen molar-refractivity contribution >= 4 is 0 Å². The first-order chi connectivity index (χ1) is 8.74. The van der Waals surface area contributed by atoms with Crippen LogP contribution in [-0.2, 0) is 11.2 Å². The van der Waals surface area contributed by atoms with Gasteiger partial charge in [0.25, 0.3) is 0 Å². The fraction of sp³-hybridized carbons (Fsp3) is 0.625. The molecule has 0 aromatic heterocycles. The Morgan fingerprint density at radius 3 is 2.94 bits per heavy atom. The number of aryl methyl sites for hydroxylation is 1. The minimum Gasteiger partial charge on any atom is -0.385 e. The molecule has 0 saturated heterocycles. The molecule has 0 saturated carbocycles. The van der Waals surface area contributed by atoms with Crippen molar-refractivity contribution in [3.05, 3.63) is 35.4 Å². The number of ether oxygens (including phenoxy) is 1. The van der Waals surface area contributed by atoms with Crippen molar-refractivity contribution in [1.82, 2.24) is 0 Å². The topological polar surface area (TPSA) is 35.2 Å². The molecule has 0 fully saturated rings. The molecule has 18 heavy (non-hydrogen) atoms. The Kier molecular flexibility index (Phi) is 4.79. The van der Waals surface area contributed by atoms with Crippen LogP contribution in [0.5, 0.6) is 0 Å². The molecule has 0 amide bonds. The molecule has 3 unspecified atom stereocenters. The Balaban J connectivity index is 2.09. The van der Waals surface area contributed by atoms with Crippen LogP contribution in [-0.4, -0.2) is 19.8 Å². The molecule has 100 valence electrons. The summed E-state index contributed by atoms with van der Waals surface area (Å²) in [7, 11) is 1.76. The summed E-state index contributed by atoms with van der Waals surface area (Å²) in [6.45, 7) is 3.06. The van der Waals surface area contributed by atoms with E-state index >= 15 is 0 Å². The summed E-state index contributed by atoms with van der Waals surface area (Å²) < 4.78 is 5.16. The van der Waals surface area contributed by atoms with Gasteiger partial charge in [-0.15, -0.1) is 0 Å². The van der Waals surface area contributed by atoms with Crippen LogP contribution in [0.15, 0.2) is 24.3 Å². The Bertz CT molecular complexity index is 377. The van der Waals surface area contributed by atoms with E-state index in [1.165, 1.54) is 30.4 Å².